The van der Waals surface area contributed by atoms with Gasteiger partial charge in [-0.05, 0) is 37.9 Å². The molecule has 2 nitrogen and oxygen atoms in total. The summed E-state index contributed by atoms with van der Waals surface area (Å²) < 4.78 is 27.4. The Bertz CT molecular complexity index is 463. The van der Waals surface area contributed by atoms with Crippen LogP contribution < -0.4 is 4.90 Å². The molecule has 1 aromatic rings. The van der Waals surface area contributed by atoms with E-state index in [0.717, 1.165) is 26.1 Å². The number of fused-ring (bicyclic) bond motifs is 1. The Morgan fingerprint density at radius 3 is 2.89 bits per heavy atom. The molecule has 0 aliphatic carbocycles. The van der Waals surface area contributed by atoms with Gasteiger partial charge < -0.3 is 4.90 Å². The van der Waals surface area contributed by atoms with Gasteiger partial charge in [0, 0.05) is 25.2 Å². The molecule has 2 unspecified atom stereocenters. The molecule has 2 aliphatic heterocycles. The van der Waals surface area contributed by atoms with Crippen LogP contribution in [0.5, 0.6) is 0 Å². The highest BCUT2D eigenvalue weighted by Gasteiger charge is 2.36. The lowest BCUT2D eigenvalue weighted by atomic mass is 10.0. The van der Waals surface area contributed by atoms with Gasteiger partial charge in [0.25, 0.3) is 0 Å². The van der Waals surface area contributed by atoms with Crippen molar-refractivity contribution in [2.24, 2.45) is 0 Å². The molecule has 2 atom stereocenters. The van der Waals surface area contributed by atoms with Crippen molar-refractivity contribution in [1.29, 1.82) is 0 Å². The third kappa shape index (κ3) is 2.22. The van der Waals surface area contributed by atoms with Crippen molar-refractivity contribution in [3.63, 3.8) is 0 Å². The van der Waals surface area contributed by atoms with Crippen LogP contribution in [0.4, 0.5) is 14.5 Å². The fraction of sp³-hybridized carbons (Fsp3) is 0.600. The first-order chi connectivity index (χ1) is 9.20. The lowest BCUT2D eigenvalue weighted by molar-refractivity contribution is 0.194. The Hall–Kier alpha value is -1.16. The number of benzene rings is 1. The van der Waals surface area contributed by atoms with Crippen molar-refractivity contribution in [2.75, 3.05) is 24.5 Å². The summed E-state index contributed by atoms with van der Waals surface area (Å²) in [6.45, 7) is 5.06. The third-order valence-corrected chi connectivity index (χ3v) is 4.50. The van der Waals surface area contributed by atoms with E-state index in [9.17, 15) is 8.78 Å². The standard InChI is InChI=1S/C15H20F2N2/c1-2-11-9-18-8-4-5-12(18)10-19(11)14-7-3-6-13(16)15(14)17/h3,6-7,11-12H,2,4-5,8-10H2,1H3. The van der Waals surface area contributed by atoms with Gasteiger partial charge in [-0.15, -0.1) is 0 Å². The van der Waals surface area contributed by atoms with Gasteiger partial charge in [0.1, 0.15) is 0 Å². The molecule has 0 spiro atoms. The number of rotatable bonds is 2. The number of hydrogen-bond donors (Lipinski definition) is 0. The molecule has 4 heteroatoms. The van der Waals surface area contributed by atoms with Gasteiger partial charge in [-0.3, -0.25) is 4.90 Å². The lowest BCUT2D eigenvalue weighted by Gasteiger charge is -2.44. The van der Waals surface area contributed by atoms with Gasteiger partial charge in [0.05, 0.1) is 5.69 Å². The number of halogens is 2. The van der Waals surface area contributed by atoms with Gasteiger partial charge >= 0.3 is 0 Å². The van der Waals surface area contributed by atoms with Crippen molar-refractivity contribution < 1.29 is 8.78 Å². The summed E-state index contributed by atoms with van der Waals surface area (Å²) in [7, 11) is 0. The minimum atomic E-state index is -0.749. The number of nitrogens with zero attached hydrogens (tertiary/aromatic N) is 2. The molecule has 0 saturated carbocycles. The maximum Gasteiger partial charge on any atom is 0.182 e. The molecular weight excluding hydrogens is 246 g/mol. The van der Waals surface area contributed by atoms with Gasteiger partial charge in [-0.25, -0.2) is 8.78 Å². The minimum absolute atomic E-state index is 0.283. The summed E-state index contributed by atoms with van der Waals surface area (Å²) >= 11 is 0. The van der Waals surface area contributed by atoms with Crippen LogP contribution in [0.3, 0.4) is 0 Å². The topological polar surface area (TPSA) is 6.48 Å². The molecule has 0 N–H and O–H groups in total. The Kier molecular flexibility index (Phi) is 3.44. The Morgan fingerprint density at radius 1 is 1.26 bits per heavy atom. The van der Waals surface area contributed by atoms with Crippen LogP contribution in [0.15, 0.2) is 18.2 Å². The molecule has 2 heterocycles. The second-order valence-electron chi connectivity index (χ2n) is 5.58. The number of hydrogen-bond acceptors (Lipinski definition) is 2. The van der Waals surface area contributed by atoms with E-state index in [1.807, 2.05) is 0 Å². The SMILES string of the molecule is CCC1CN2CCCC2CN1c1cccc(F)c1F. The quantitative estimate of drug-likeness (QED) is 0.812. The number of anilines is 1. The van der Waals surface area contributed by atoms with E-state index in [4.69, 9.17) is 0 Å². The van der Waals surface area contributed by atoms with E-state index in [-0.39, 0.29) is 6.04 Å². The highest BCUT2D eigenvalue weighted by molar-refractivity contribution is 5.50. The van der Waals surface area contributed by atoms with Crippen LogP contribution >= 0.6 is 0 Å². The fourth-order valence-electron chi connectivity index (χ4n) is 3.45. The average molecular weight is 266 g/mol. The first kappa shape index (κ1) is 12.9. The van der Waals surface area contributed by atoms with Gasteiger partial charge in [0.2, 0.25) is 0 Å². The normalized spacial score (nSPS) is 27.6. The van der Waals surface area contributed by atoms with E-state index in [0.29, 0.717) is 11.7 Å². The molecule has 2 fully saturated rings. The zero-order valence-electron chi connectivity index (χ0n) is 11.3. The van der Waals surface area contributed by atoms with Crippen LogP contribution in [0.1, 0.15) is 26.2 Å². The molecular formula is C15H20F2N2. The van der Waals surface area contributed by atoms with E-state index >= 15 is 0 Å². The van der Waals surface area contributed by atoms with Gasteiger partial charge in [-0.2, -0.15) is 0 Å². The van der Waals surface area contributed by atoms with Crippen LogP contribution in [-0.4, -0.2) is 36.6 Å². The maximum absolute atomic E-state index is 14.0. The summed E-state index contributed by atoms with van der Waals surface area (Å²) in [6, 6.07) is 5.27. The number of piperazine rings is 1. The molecule has 0 amide bonds. The van der Waals surface area contributed by atoms with E-state index < -0.39 is 11.6 Å². The smallest absolute Gasteiger partial charge is 0.182 e. The lowest BCUT2D eigenvalue weighted by Crippen LogP contribution is -2.56. The monoisotopic (exact) mass is 266 g/mol. The molecule has 0 aromatic heterocycles. The Labute approximate surface area is 113 Å². The van der Waals surface area contributed by atoms with Gasteiger partial charge in [-0.1, -0.05) is 13.0 Å². The van der Waals surface area contributed by atoms with E-state index in [1.165, 1.54) is 18.9 Å². The highest BCUT2D eigenvalue weighted by Crippen LogP contribution is 2.31. The van der Waals surface area contributed by atoms with E-state index in [1.54, 1.807) is 12.1 Å². The summed E-state index contributed by atoms with van der Waals surface area (Å²) in [5, 5.41) is 0. The fourth-order valence-corrected chi connectivity index (χ4v) is 3.45. The molecule has 1 aromatic carbocycles. The third-order valence-electron chi connectivity index (χ3n) is 4.50. The van der Waals surface area contributed by atoms with Crippen molar-refractivity contribution in [3.05, 3.63) is 29.8 Å². The zero-order valence-corrected chi connectivity index (χ0v) is 11.3. The molecule has 104 valence electrons. The molecule has 2 aliphatic rings. The van der Waals surface area contributed by atoms with Crippen molar-refractivity contribution in [1.82, 2.24) is 4.90 Å². The second kappa shape index (κ2) is 5.08. The first-order valence-electron chi connectivity index (χ1n) is 7.15. The highest BCUT2D eigenvalue weighted by atomic mass is 19.2. The van der Waals surface area contributed by atoms with Crippen LogP contribution in [0.25, 0.3) is 0 Å². The Morgan fingerprint density at radius 2 is 2.11 bits per heavy atom. The largest absolute Gasteiger partial charge is 0.363 e. The molecule has 3 rings (SSSR count). The Balaban J connectivity index is 1.91. The summed E-state index contributed by atoms with van der Waals surface area (Å²) in [5.41, 5.74) is 0.429. The molecule has 19 heavy (non-hydrogen) atoms. The van der Waals surface area contributed by atoms with Crippen molar-refractivity contribution in [3.8, 4) is 0 Å². The minimum Gasteiger partial charge on any atom is -0.363 e. The summed E-state index contributed by atoms with van der Waals surface area (Å²) in [5.74, 6) is -1.45. The second-order valence-corrected chi connectivity index (χ2v) is 5.58. The average Bonchev–Trinajstić information content (AvgIpc) is 2.87. The first-order valence-corrected chi connectivity index (χ1v) is 7.15. The van der Waals surface area contributed by atoms with Crippen LogP contribution in [-0.2, 0) is 0 Å². The predicted octanol–water partition coefficient (Wildman–Crippen LogP) is 3.03. The maximum atomic E-state index is 14.0. The summed E-state index contributed by atoms with van der Waals surface area (Å²) in [6.07, 6.45) is 3.35. The van der Waals surface area contributed by atoms with Crippen LogP contribution in [0.2, 0.25) is 0 Å². The van der Waals surface area contributed by atoms with E-state index in [2.05, 4.69) is 16.7 Å². The zero-order chi connectivity index (χ0) is 13.4. The van der Waals surface area contributed by atoms with Crippen LogP contribution in [0, 0.1) is 11.6 Å². The predicted molar refractivity (Wildman–Crippen MR) is 72.4 cm³/mol. The molecule has 0 bridgehead atoms. The summed E-state index contributed by atoms with van der Waals surface area (Å²) in [4.78, 5) is 4.58. The van der Waals surface area contributed by atoms with Crippen molar-refractivity contribution >= 4 is 5.69 Å². The van der Waals surface area contributed by atoms with Crippen molar-refractivity contribution in [2.45, 2.75) is 38.3 Å². The van der Waals surface area contributed by atoms with Gasteiger partial charge in [0.15, 0.2) is 11.6 Å². The molecule has 2 saturated heterocycles. The molecule has 0 radical (unpaired) electrons.